The van der Waals surface area contributed by atoms with Gasteiger partial charge < -0.3 is 15.3 Å². The standard InChI is InChI=1S/C21H22N4O2/c1-12-20(24-18-4-3-5-19(27)23-18)16-10-14(11-22)6-9-17(16)25(13(2)26)21(12)15-7-8-15/h3-6,9-10,12,15,20-21H,7-8H2,1-2H3,(H2,23,24,27)/t12-,20-,21-/m1/s1. The fraction of sp³-hybridized carbons (Fsp3) is 0.381. The van der Waals surface area contributed by atoms with Crippen molar-refractivity contribution in [2.45, 2.75) is 38.8 Å². The smallest absolute Gasteiger partial charge is 0.224 e. The fourth-order valence-corrected chi connectivity index (χ4v) is 4.30. The van der Waals surface area contributed by atoms with Gasteiger partial charge in [-0.15, -0.1) is 0 Å². The van der Waals surface area contributed by atoms with Crippen LogP contribution < -0.4 is 10.2 Å². The van der Waals surface area contributed by atoms with Crippen molar-refractivity contribution in [1.29, 1.82) is 5.26 Å². The summed E-state index contributed by atoms with van der Waals surface area (Å²) in [6, 6.07) is 12.8. The highest BCUT2D eigenvalue weighted by Crippen LogP contribution is 2.50. The number of aromatic hydroxyl groups is 1. The zero-order valence-electron chi connectivity index (χ0n) is 15.4. The third kappa shape index (κ3) is 3.10. The quantitative estimate of drug-likeness (QED) is 0.871. The highest BCUT2D eigenvalue weighted by molar-refractivity contribution is 5.94. The summed E-state index contributed by atoms with van der Waals surface area (Å²) >= 11 is 0. The number of benzene rings is 1. The first-order valence-corrected chi connectivity index (χ1v) is 9.26. The Morgan fingerprint density at radius 2 is 2.11 bits per heavy atom. The summed E-state index contributed by atoms with van der Waals surface area (Å²) in [5, 5.41) is 22.5. The highest BCUT2D eigenvalue weighted by atomic mass is 16.3. The lowest BCUT2D eigenvalue weighted by Crippen LogP contribution is -2.51. The largest absolute Gasteiger partial charge is 0.493 e. The van der Waals surface area contributed by atoms with Crippen molar-refractivity contribution in [2.24, 2.45) is 11.8 Å². The Morgan fingerprint density at radius 3 is 2.74 bits per heavy atom. The molecule has 1 amide bonds. The minimum absolute atomic E-state index is 0.0265. The molecule has 4 rings (SSSR count). The number of amides is 1. The molecule has 3 atom stereocenters. The number of aromatic nitrogens is 1. The summed E-state index contributed by atoms with van der Waals surface area (Å²) in [6.45, 7) is 3.75. The average molecular weight is 362 g/mol. The Bertz CT molecular complexity index is 932. The minimum Gasteiger partial charge on any atom is -0.493 e. The SMILES string of the molecule is CC(=O)N1c2ccc(C#N)cc2[C@H](Nc2cccc(O)n2)[C@@H](C)[C@@H]1C1CC1. The molecule has 27 heavy (non-hydrogen) atoms. The molecule has 2 aromatic rings. The van der Waals surface area contributed by atoms with Crippen molar-refractivity contribution < 1.29 is 9.90 Å². The van der Waals surface area contributed by atoms with Crippen LogP contribution in [0.1, 0.15) is 43.9 Å². The van der Waals surface area contributed by atoms with Gasteiger partial charge in [0.1, 0.15) is 5.82 Å². The number of nitrogens with one attached hydrogen (secondary N) is 1. The maximum Gasteiger partial charge on any atom is 0.224 e. The summed E-state index contributed by atoms with van der Waals surface area (Å²) in [4.78, 5) is 18.6. The fourth-order valence-electron chi connectivity index (χ4n) is 4.30. The molecule has 2 aliphatic rings. The number of nitriles is 1. The van der Waals surface area contributed by atoms with E-state index in [1.54, 1.807) is 19.1 Å². The van der Waals surface area contributed by atoms with Crippen LogP contribution in [0.5, 0.6) is 5.88 Å². The average Bonchev–Trinajstić information content (AvgIpc) is 3.47. The van der Waals surface area contributed by atoms with Crippen LogP contribution in [0, 0.1) is 23.2 Å². The molecule has 138 valence electrons. The first kappa shape index (κ1) is 17.3. The molecule has 1 aliphatic carbocycles. The van der Waals surface area contributed by atoms with Gasteiger partial charge in [-0.1, -0.05) is 13.0 Å². The zero-order valence-corrected chi connectivity index (χ0v) is 15.4. The molecule has 0 unspecified atom stereocenters. The van der Waals surface area contributed by atoms with Gasteiger partial charge in [0.25, 0.3) is 0 Å². The number of hydrogen-bond donors (Lipinski definition) is 2. The predicted molar refractivity (Wildman–Crippen MR) is 102 cm³/mol. The van der Waals surface area contributed by atoms with E-state index in [9.17, 15) is 15.2 Å². The molecular weight excluding hydrogens is 340 g/mol. The molecule has 1 aliphatic heterocycles. The molecule has 1 aromatic carbocycles. The molecule has 0 radical (unpaired) electrons. The van der Waals surface area contributed by atoms with E-state index in [4.69, 9.17) is 0 Å². The Labute approximate surface area is 158 Å². The van der Waals surface area contributed by atoms with Gasteiger partial charge in [0.05, 0.1) is 17.7 Å². The zero-order chi connectivity index (χ0) is 19.1. The first-order chi connectivity index (χ1) is 13.0. The Kier molecular flexibility index (Phi) is 4.23. The van der Waals surface area contributed by atoms with Gasteiger partial charge in [-0.3, -0.25) is 4.79 Å². The van der Waals surface area contributed by atoms with E-state index in [1.807, 2.05) is 23.1 Å². The number of carbonyl (C=O) groups is 1. The first-order valence-electron chi connectivity index (χ1n) is 9.26. The third-order valence-corrected chi connectivity index (χ3v) is 5.60. The van der Waals surface area contributed by atoms with Gasteiger partial charge in [-0.05, 0) is 48.6 Å². The van der Waals surface area contributed by atoms with Crippen LogP contribution in [0.15, 0.2) is 36.4 Å². The highest BCUT2D eigenvalue weighted by Gasteiger charge is 2.47. The van der Waals surface area contributed by atoms with Crippen molar-refractivity contribution in [3.63, 3.8) is 0 Å². The second kappa shape index (κ2) is 6.58. The molecule has 0 bridgehead atoms. The predicted octanol–water partition coefficient (Wildman–Crippen LogP) is 3.59. The number of pyridine rings is 1. The van der Waals surface area contributed by atoms with Gasteiger partial charge in [0, 0.05) is 30.6 Å². The topological polar surface area (TPSA) is 89.2 Å². The normalized spacial score (nSPS) is 24.0. The summed E-state index contributed by atoms with van der Waals surface area (Å²) in [6.07, 6.45) is 2.25. The van der Waals surface area contributed by atoms with Gasteiger partial charge in [-0.25, -0.2) is 0 Å². The lowest BCUT2D eigenvalue weighted by atomic mass is 9.79. The van der Waals surface area contributed by atoms with Crippen LogP contribution in [0.4, 0.5) is 11.5 Å². The number of fused-ring (bicyclic) bond motifs is 1. The van der Waals surface area contributed by atoms with Gasteiger partial charge >= 0.3 is 0 Å². The van der Waals surface area contributed by atoms with Crippen molar-refractivity contribution in [3.05, 3.63) is 47.5 Å². The van der Waals surface area contributed by atoms with E-state index in [2.05, 4.69) is 23.3 Å². The van der Waals surface area contributed by atoms with E-state index >= 15 is 0 Å². The molecule has 1 fully saturated rings. The molecule has 2 N–H and O–H groups in total. The van der Waals surface area contributed by atoms with Crippen molar-refractivity contribution in [1.82, 2.24) is 4.98 Å². The van der Waals surface area contributed by atoms with E-state index in [0.29, 0.717) is 17.3 Å². The summed E-state index contributed by atoms with van der Waals surface area (Å²) in [5.74, 6) is 1.18. The molecule has 0 saturated heterocycles. The van der Waals surface area contributed by atoms with Crippen molar-refractivity contribution in [3.8, 4) is 11.9 Å². The maximum absolute atomic E-state index is 12.5. The molecule has 6 heteroatoms. The molecule has 1 saturated carbocycles. The lowest BCUT2D eigenvalue weighted by Gasteiger charge is -2.45. The number of carbonyl (C=O) groups excluding carboxylic acids is 1. The molecule has 0 spiro atoms. The van der Waals surface area contributed by atoms with E-state index in [1.165, 1.54) is 6.07 Å². The van der Waals surface area contributed by atoms with Crippen LogP contribution >= 0.6 is 0 Å². The number of hydrogen-bond acceptors (Lipinski definition) is 5. The van der Waals surface area contributed by atoms with Gasteiger partial charge in [0.15, 0.2) is 0 Å². The maximum atomic E-state index is 12.5. The van der Waals surface area contributed by atoms with Gasteiger partial charge in [-0.2, -0.15) is 10.2 Å². The number of anilines is 2. The van der Waals surface area contributed by atoms with Crippen LogP contribution in [0.2, 0.25) is 0 Å². The molecule has 2 heterocycles. The van der Waals surface area contributed by atoms with Gasteiger partial charge in [0.2, 0.25) is 11.8 Å². The monoisotopic (exact) mass is 362 g/mol. The van der Waals surface area contributed by atoms with E-state index in [-0.39, 0.29) is 29.8 Å². The van der Waals surface area contributed by atoms with Crippen LogP contribution in [-0.4, -0.2) is 22.0 Å². The Balaban J connectivity index is 1.82. The van der Waals surface area contributed by atoms with Crippen LogP contribution in [0.3, 0.4) is 0 Å². The van der Waals surface area contributed by atoms with E-state index in [0.717, 1.165) is 24.1 Å². The number of nitrogens with zero attached hydrogens (tertiary/aromatic N) is 3. The molecule has 6 nitrogen and oxygen atoms in total. The van der Waals surface area contributed by atoms with Crippen molar-refractivity contribution in [2.75, 3.05) is 10.2 Å². The molecule has 1 aromatic heterocycles. The third-order valence-electron chi connectivity index (χ3n) is 5.60. The second-order valence-electron chi connectivity index (χ2n) is 7.46. The summed E-state index contributed by atoms with van der Waals surface area (Å²) in [7, 11) is 0. The Hall–Kier alpha value is -3.07. The number of rotatable bonds is 3. The van der Waals surface area contributed by atoms with Crippen molar-refractivity contribution >= 4 is 17.4 Å². The van der Waals surface area contributed by atoms with Crippen LogP contribution in [-0.2, 0) is 4.79 Å². The molecular formula is C21H22N4O2. The second-order valence-corrected chi connectivity index (χ2v) is 7.46. The summed E-state index contributed by atoms with van der Waals surface area (Å²) < 4.78 is 0. The van der Waals surface area contributed by atoms with Crippen LogP contribution in [0.25, 0.3) is 0 Å². The Morgan fingerprint density at radius 1 is 1.33 bits per heavy atom. The minimum atomic E-state index is -0.108. The van der Waals surface area contributed by atoms with E-state index < -0.39 is 0 Å². The lowest BCUT2D eigenvalue weighted by molar-refractivity contribution is -0.117. The summed E-state index contributed by atoms with van der Waals surface area (Å²) in [5.41, 5.74) is 2.33.